The molecule has 0 radical (unpaired) electrons. The van der Waals surface area contributed by atoms with Crippen molar-refractivity contribution in [2.45, 2.75) is 0 Å². The molecule has 0 fully saturated rings. The normalized spacial score (nSPS) is 9.24. The molecule has 0 aliphatic heterocycles. The lowest BCUT2D eigenvalue weighted by atomic mass is 10.3. The highest BCUT2D eigenvalue weighted by molar-refractivity contribution is 5.98. The van der Waals surface area contributed by atoms with Crippen molar-refractivity contribution in [3.63, 3.8) is 0 Å². The van der Waals surface area contributed by atoms with E-state index in [1.807, 2.05) is 0 Å². The van der Waals surface area contributed by atoms with Gasteiger partial charge in [-0.25, -0.2) is 0 Å². The highest BCUT2D eigenvalue weighted by Crippen LogP contribution is 2.17. The Balaban J connectivity index is 2.62. The van der Waals surface area contributed by atoms with Crippen molar-refractivity contribution in [3.8, 4) is 5.75 Å². The lowest BCUT2D eigenvalue weighted by Gasteiger charge is -2.07. The van der Waals surface area contributed by atoms with E-state index in [1.54, 1.807) is 24.3 Å². The summed E-state index contributed by atoms with van der Waals surface area (Å²) in [5.74, 6) is -0.00514. The SMILES string of the molecule is C=CC(=O)Nc1cccc(OCC(=O)NC)c1. The molecular formula is C12H14N2O3. The maximum Gasteiger partial charge on any atom is 0.257 e. The molecule has 0 saturated carbocycles. The van der Waals surface area contributed by atoms with Crippen LogP contribution in [0.5, 0.6) is 5.75 Å². The van der Waals surface area contributed by atoms with Gasteiger partial charge in [0, 0.05) is 18.8 Å². The van der Waals surface area contributed by atoms with Crippen molar-refractivity contribution in [2.75, 3.05) is 19.0 Å². The summed E-state index contributed by atoms with van der Waals surface area (Å²) in [6.45, 7) is 3.29. The molecular weight excluding hydrogens is 220 g/mol. The van der Waals surface area contributed by atoms with Crippen LogP contribution in [0.15, 0.2) is 36.9 Å². The lowest BCUT2D eigenvalue weighted by Crippen LogP contribution is -2.24. The molecule has 2 amide bonds. The zero-order valence-electron chi connectivity index (χ0n) is 9.53. The Morgan fingerprint density at radius 1 is 1.47 bits per heavy atom. The summed E-state index contributed by atoms with van der Waals surface area (Å²) in [6, 6.07) is 6.77. The standard InChI is InChI=1S/C12H14N2O3/c1-3-11(15)14-9-5-4-6-10(7-9)17-8-12(16)13-2/h3-7H,1,8H2,2H3,(H,13,16)(H,14,15). The molecule has 0 bridgehead atoms. The fourth-order valence-corrected chi connectivity index (χ4v) is 1.08. The average Bonchev–Trinajstić information content (AvgIpc) is 2.36. The van der Waals surface area contributed by atoms with Crippen molar-refractivity contribution in [1.29, 1.82) is 0 Å². The number of amides is 2. The predicted octanol–water partition coefficient (Wildman–Crippen LogP) is 0.936. The third-order valence-electron chi connectivity index (χ3n) is 1.94. The van der Waals surface area contributed by atoms with Gasteiger partial charge < -0.3 is 15.4 Å². The molecule has 5 nitrogen and oxygen atoms in total. The zero-order valence-corrected chi connectivity index (χ0v) is 9.53. The van der Waals surface area contributed by atoms with E-state index >= 15 is 0 Å². The Morgan fingerprint density at radius 2 is 2.24 bits per heavy atom. The Hall–Kier alpha value is -2.30. The third-order valence-corrected chi connectivity index (χ3v) is 1.94. The van der Waals surface area contributed by atoms with Gasteiger partial charge in [0.05, 0.1) is 0 Å². The monoisotopic (exact) mass is 234 g/mol. The lowest BCUT2D eigenvalue weighted by molar-refractivity contribution is -0.122. The number of rotatable bonds is 5. The van der Waals surface area contributed by atoms with Crippen LogP contribution in [-0.2, 0) is 9.59 Å². The highest BCUT2D eigenvalue weighted by atomic mass is 16.5. The molecule has 0 heterocycles. The predicted molar refractivity (Wildman–Crippen MR) is 64.8 cm³/mol. The molecule has 0 unspecified atom stereocenters. The second-order valence-electron chi connectivity index (χ2n) is 3.18. The van der Waals surface area contributed by atoms with Crippen LogP contribution in [0, 0.1) is 0 Å². The van der Waals surface area contributed by atoms with Gasteiger partial charge in [0.25, 0.3) is 5.91 Å². The molecule has 90 valence electrons. The zero-order chi connectivity index (χ0) is 12.7. The first kappa shape index (κ1) is 12.8. The maximum absolute atomic E-state index is 11.1. The summed E-state index contributed by atoms with van der Waals surface area (Å²) in [4.78, 5) is 22.0. The van der Waals surface area contributed by atoms with E-state index in [0.29, 0.717) is 11.4 Å². The number of carbonyl (C=O) groups is 2. The number of nitrogens with one attached hydrogen (secondary N) is 2. The minimum Gasteiger partial charge on any atom is -0.484 e. The van der Waals surface area contributed by atoms with Crippen LogP contribution in [0.4, 0.5) is 5.69 Å². The van der Waals surface area contributed by atoms with Crippen molar-refractivity contribution >= 4 is 17.5 Å². The summed E-state index contributed by atoms with van der Waals surface area (Å²) in [6.07, 6.45) is 1.18. The fraction of sp³-hybridized carbons (Fsp3) is 0.167. The molecule has 0 aliphatic rings. The van der Waals surface area contributed by atoms with Gasteiger partial charge in [0.15, 0.2) is 6.61 Å². The largest absolute Gasteiger partial charge is 0.484 e. The van der Waals surface area contributed by atoms with Gasteiger partial charge >= 0.3 is 0 Å². The molecule has 0 aliphatic carbocycles. The van der Waals surface area contributed by atoms with E-state index in [1.165, 1.54) is 13.1 Å². The summed E-state index contributed by atoms with van der Waals surface area (Å²) in [5.41, 5.74) is 0.587. The Kier molecular flexibility index (Phi) is 4.75. The number of likely N-dealkylation sites (N-methyl/N-ethyl adjacent to an activating group) is 1. The van der Waals surface area contributed by atoms with Gasteiger partial charge in [0.1, 0.15) is 5.75 Å². The molecule has 5 heteroatoms. The van der Waals surface area contributed by atoms with Gasteiger partial charge in [0.2, 0.25) is 5.91 Å². The number of carbonyl (C=O) groups excluding carboxylic acids is 2. The van der Waals surface area contributed by atoms with E-state index < -0.39 is 0 Å². The van der Waals surface area contributed by atoms with Crippen LogP contribution in [0.3, 0.4) is 0 Å². The molecule has 17 heavy (non-hydrogen) atoms. The van der Waals surface area contributed by atoms with Crippen LogP contribution in [0.25, 0.3) is 0 Å². The van der Waals surface area contributed by atoms with Crippen LogP contribution in [0.1, 0.15) is 0 Å². The van der Waals surface area contributed by atoms with Gasteiger partial charge in [-0.3, -0.25) is 9.59 Å². The van der Waals surface area contributed by atoms with E-state index in [2.05, 4.69) is 17.2 Å². The van der Waals surface area contributed by atoms with Crippen LogP contribution >= 0.6 is 0 Å². The average molecular weight is 234 g/mol. The van der Waals surface area contributed by atoms with Gasteiger partial charge in [-0.15, -0.1) is 0 Å². The minimum absolute atomic E-state index is 0.0602. The Labute approximate surface area is 99.5 Å². The van der Waals surface area contributed by atoms with Crippen LogP contribution in [-0.4, -0.2) is 25.5 Å². The summed E-state index contributed by atoms with van der Waals surface area (Å²) in [5, 5.41) is 5.04. The fourth-order valence-electron chi connectivity index (χ4n) is 1.08. The topological polar surface area (TPSA) is 67.4 Å². The molecule has 0 spiro atoms. The molecule has 1 aromatic rings. The van der Waals surface area contributed by atoms with Gasteiger partial charge in [-0.05, 0) is 18.2 Å². The third kappa shape index (κ3) is 4.38. The number of hydrogen-bond acceptors (Lipinski definition) is 3. The maximum atomic E-state index is 11.1. The number of benzene rings is 1. The first-order valence-corrected chi connectivity index (χ1v) is 5.02. The summed E-state index contributed by atoms with van der Waals surface area (Å²) in [7, 11) is 1.53. The first-order chi connectivity index (χ1) is 8.15. The molecule has 0 saturated heterocycles. The minimum atomic E-state index is -0.298. The molecule has 2 N–H and O–H groups in total. The van der Waals surface area contributed by atoms with E-state index in [0.717, 1.165) is 0 Å². The Morgan fingerprint density at radius 3 is 2.88 bits per heavy atom. The summed E-state index contributed by atoms with van der Waals surface area (Å²) < 4.78 is 5.23. The van der Waals surface area contributed by atoms with Crippen molar-refractivity contribution < 1.29 is 14.3 Å². The number of hydrogen-bond donors (Lipinski definition) is 2. The highest BCUT2D eigenvalue weighted by Gasteiger charge is 2.02. The van der Waals surface area contributed by atoms with Gasteiger partial charge in [-0.1, -0.05) is 12.6 Å². The van der Waals surface area contributed by atoms with Gasteiger partial charge in [-0.2, -0.15) is 0 Å². The summed E-state index contributed by atoms with van der Waals surface area (Å²) >= 11 is 0. The van der Waals surface area contributed by atoms with Crippen molar-refractivity contribution in [2.24, 2.45) is 0 Å². The molecule has 0 atom stereocenters. The van der Waals surface area contributed by atoms with Crippen molar-refractivity contribution in [3.05, 3.63) is 36.9 Å². The molecule has 1 aromatic carbocycles. The second-order valence-corrected chi connectivity index (χ2v) is 3.18. The van der Waals surface area contributed by atoms with Crippen LogP contribution in [0.2, 0.25) is 0 Å². The van der Waals surface area contributed by atoms with E-state index in [-0.39, 0.29) is 18.4 Å². The first-order valence-electron chi connectivity index (χ1n) is 5.02. The smallest absolute Gasteiger partial charge is 0.257 e. The van der Waals surface area contributed by atoms with E-state index in [9.17, 15) is 9.59 Å². The number of ether oxygens (including phenoxy) is 1. The van der Waals surface area contributed by atoms with E-state index in [4.69, 9.17) is 4.74 Å². The second kappa shape index (κ2) is 6.32. The quantitative estimate of drug-likeness (QED) is 0.745. The Bertz CT molecular complexity index is 430. The van der Waals surface area contributed by atoms with Crippen molar-refractivity contribution in [1.82, 2.24) is 5.32 Å². The number of anilines is 1. The van der Waals surface area contributed by atoms with Crippen LogP contribution < -0.4 is 15.4 Å². The molecule has 0 aromatic heterocycles. The molecule has 1 rings (SSSR count).